The summed E-state index contributed by atoms with van der Waals surface area (Å²) >= 11 is 0. The number of nitrogens with one attached hydrogen (secondary N) is 1. The maximum absolute atomic E-state index is 12.6. The Bertz CT molecular complexity index is 1010. The van der Waals surface area contributed by atoms with Gasteiger partial charge in [-0.25, -0.2) is 8.42 Å². The third-order valence-electron chi connectivity index (χ3n) is 3.46. The second kappa shape index (κ2) is 5.85. The van der Waals surface area contributed by atoms with Crippen molar-refractivity contribution in [1.29, 1.82) is 0 Å². The Labute approximate surface area is 136 Å². The molecule has 1 unspecified atom stereocenters. The summed E-state index contributed by atoms with van der Waals surface area (Å²) in [6, 6.07) is 6.40. The molecule has 1 N–H and O–H groups in total. The molecule has 2 aromatic rings. The molecule has 0 aliphatic heterocycles. The zero-order valence-electron chi connectivity index (χ0n) is 12.1. The van der Waals surface area contributed by atoms with Gasteiger partial charge in [0.15, 0.2) is 0 Å². The molecule has 0 amide bonds. The first-order valence-electron chi connectivity index (χ1n) is 6.82. The number of carbonyl (C=O) groups excluding carboxylic acids is 1. The second-order valence-electron chi connectivity index (χ2n) is 5.00. The Morgan fingerprint density at radius 2 is 1.96 bits per heavy atom. The number of fused-ring (bicyclic) bond motifs is 1. The highest BCUT2D eigenvalue weighted by molar-refractivity contribution is 7.96. The summed E-state index contributed by atoms with van der Waals surface area (Å²) < 4.78 is 27.4. The van der Waals surface area contributed by atoms with Gasteiger partial charge in [-0.3, -0.25) is 24.6 Å². The van der Waals surface area contributed by atoms with Crippen molar-refractivity contribution >= 4 is 32.4 Å². The summed E-state index contributed by atoms with van der Waals surface area (Å²) in [5.41, 5.74) is 0.581. The number of ketones is 1. The van der Waals surface area contributed by atoms with Crippen molar-refractivity contribution in [2.75, 3.05) is 4.72 Å². The number of allylic oxidation sites excluding steroid dienone is 2. The van der Waals surface area contributed by atoms with Gasteiger partial charge in [-0.05, 0) is 24.3 Å². The highest BCUT2D eigenvalue weighted by atomic mass is 32.2. The van der Waals surface area contributed by atoms with Crippen LogP contribution in [0.15, 0.2) is 59.7 Å². The van der Waals surface area contributed by atoms with E-state index in [4.69, 9.17) is 0 Å². The number of anilines is 1. The lowest BCUT2D eigenvalue weighted by atomic mass is 10.1. The lowest BCUT2D eigenvalue weighted by molar-refractivity contribution is -0.495. The summed E-state index contributed by atoms with van der Waals surface area (Å²) in [5.74, 6) is -0.890. The van der Waals surface area contributed by atoms with Gasteiger partial charge in [0.25, 0.3) is 10.0 Å². The van der Waals surface area contributed by atoms with Crippen LogP contribution in [0.4, 0.5) is 5.69 Å². The summed E-state index contributed by atoms with van der Waals surface area (Å²) in [4.78, 5) is 25.4. The minimum atomic E-state index is -4.30. The Balaban J connectivity index is 2.05. The minimum Gasteiger partial charge on any atom is -0.287 e. The van der Waals surface area contributed by atoms with Crippen LogP contribution in [0.5, 0.6) is 0 Å². The van der Waals surface area contributed by atoms with E-state index in [0.717, 1.165) is 12.2 Å². The molecule has 1 aromatic carbocycles. The van der Waals surface area contributed by atoms with Crippen LogP contribution in [0.1, 0.15) is 0 Å². The van der Waals surface area contributed by atoms with Crippen LogP contribution in [0.3, 0.4) is 0 Å². The standard InChI is InChI=1S/C15H11N3O5S/c19-12-7-2-8-13(15(12)18(20)21)24(22,23)17-11-6-1-4-10-5-3-9-16-14(10)11/h1-9,15,17H. The number of pyridine rings is 1. The molecule has 0 spiro atoms. The zero-order chi connectivity index (χ0) is 17.3. The number of sulfonamides is 1. The summed E-state index contributed by atoms with van der Waals surface area (Å²) in [7, 11) is -4.30. The van der Waals surface area contributed by atoms with E-state index in [0.29, 0.717) is 10.9 Å². The largest absolute Gasteiger partial charge is 0.311 e. The lowest BCUT2D eigenvalue weighted by Gasteiger charge is -2.16. The average Bonchev–Trinajstić information content (AvgIpc) is 2.54. The maximum Gasteiger partial charge on any atom is 0.311 e. The van der Waals surface area contributed by atoms with E-state index < -0.39 is 31.7 Å². The third kappa shape index (κ3) is 2.76. The van der Waals surface area contributed by atoms with Crippen molar-refractivity contribution in [3.05, 3.63) is 69.8 Å². The Kier molecular flexibility index (Phi) is 3.86. The Hall–Kier alpha value is -3.07. The van der Waals surface area contributed by atoms with Gasteiger partial charge >= 0.3 is 6.04 Å². The number of nitro groups is 1. The molecule has 1 aromatic heterocycles. The van der Waals surface area contributed by atoms with E-state index in [1.807, 2.05) is 0 Å². The van der Waals surface area contributed by atoms with Gasteiger partial charge in [0.2, 0.25) is 5.78 Å². The van der Waals surface area contributed by atoms with Gasteiger partial charge in [-0.2, -0.15) is 0 Å². The molecule has 3 rings (SSSR count). The normalized spacial score (nSPS) is 17.6. The molecule has 9 heteroatoms. The van der Waals surface area contributed by atoms with Crippen molar-refractivity contribution in [2.24, 2.45) is 0 Å². The van der Waals surface area contributed by atoms with Gasteiger partial charge in [0.05, 0.1) is 11.2 Å². The summed E-state index contributed by atoms with van der Waals surface area (Å²) in [6.07, 6.45) is 4.71. The molecule has 1 aliphatic carbocycles. The number of benzene rings is 1. The van der Waals surface area contributed by atoms with Gasteiger partial charge in [0.1, 0.15) is 4.91 Å². The van der Waals surface area contributed by atoms with Gasteiger partial charge in [-0.15, -0.1) is 0 Å². The van der Waals surface area contributed by atoms with Crippen molar-refractivity contribution < 1.29 is 18.1 Å². The molecule has 1 atom stereocenters. The number of carbonyl (C=O) groups is 1. The number of hydrogen-bond acceptors (Lipinski definition) is 6. The van der Waals surface area contributed by atoms with Crippen LogP contribution < -0.4 is 4.72 Å². The number of nitrogens with zero attached hydrogens (tertiary/aromatic N) is 2. The van der Waals surface area contributed by atoms with E-state index in [1.165, 1.54) is 18.3 Å². The van der Waals surface area contributed by atoms with E-state index in [1.54, 1.807) is 24.3 Å². The van der Waals surface area contributed by atoms with Crippen LogP contribution in [0, 0.1) is 10.1 Å². The van der Waals surface area contributed by atoms with E-state index >= 15 is 0 Å². The molecule has 24 heavy (non-hydrogen) atoms. The van der Waals surface area contributed by atoms with Crippen LogP contribution in [0.25, 0.3) is 10.9 Å². The maximum atomic E-state index is 12.6. The highest BCUT2D eigenvalue weighted by Gasteiger charge is 2.41. The first-order chi connectivity index (χ1) is 11.4. The Morgan fingerprint density at radius 1 is 1.21 bits per heavy atom. The Morgan fingerprint density at radius 3 is 2.71 bits per heavy atom. The minimum absolute atomic E-state index is 0.179. The fourth-order valence-corrected chi connectivity index (χ4v) is 3.72. The number of hydrogen-bond donors (Lipinski definition) is 1. The van der Waals surface area contributed by atoms with E-state index in [9.17, 15) is 23.3 Å². The molecule has 122 valence electrons. The van der Waals surface area contributed by atoms with Gasteiger partial charge < -0.3 is 0 Å². The number of aromatic nitrogens is 1. The van der Waals surface area contributed by atoms with Crippen LogP contribution in [-0.4, -0.2) is 30.2 Å². The molecular weight excluding hydrogens is 334 g/mol. The van der Waals surface area contributed by atoms with Crippen molar-refractivity contribution in [3.63, 3.8) is 0 Å². The molecule has 0 radical (unpaired) electrons. The second-order valence-corrected chi connectivity index (χ2v) is 6.69. The van der Waals surface area contributed by atoms with Gasteiger partial charge in [0, 0.05) is 16.5 Å². The van der Waals surface area contributed by atoms with Crippen molar-refractivity contribution in [2.45, 2.75) is 6.04 Å². The van der Waals surface area contributed by atoms with Crippen LogP contribution in [-0.2, 0) is 14.8 Å². The zero-order valence-corrected chi connectivity index (χ0v) is 12.9. The molecule has 0 saturated heterocycles. The topological polar surface area (TPSA) is 119 Å². The molecule has 0 bridgehead atoms. The number of rotatable bonds is 4. The molecule has 8 nitrogen and oxygen atoms in total. The van der Waals surface area contributed by atoms with E-state index in [-0.39, 0.29) is 5.69 Å². The SMILES string of the molecule is O=C1C=CC=C(S(=O)(=O)Nc2cccc3cccnc23)C1[N+](=O)[O-]. The molecule has 1 heterocycles. The van der Waals surface area contributed by atoms with Crippen molar-refractivity contribution in [1.82, 2.24) is 4.98 Å². The summed E-state index contributed by atoms with van der Waals surface area (Å²) in [6.45, 7) is 0. The third-order valence-corrected chi connectivity index (χ3v) is 4.93. The smallest absolute Gasteiger partial charge is 0.287 e. The van der Waals surface area contributed by atoms with Crippen molar-refractivity contribution in [3.8, 4) is 0 Å². The fourth-order valence-electron chi connectivity index (χ4n) is 2.39. The lowest BCUT2D eigenvalue weighted by Crippen LogP contribution is -2.37. The quantitative estimate of drug-likeness (QED) is 0.664. The molecular formula is C15H11N3O5S. The monoisotopic (exact) mass is 345 g/mol. The predicted octanol–water partition coefficient (Wildman–Crippen LogP) is 1.64. The molecule has 0 fully saturated rings. The van der Waals surface area contributed by atoms with Crippen LogP contribution >= 0.6 is 0 Å². The first kappa shape index (κ1) is 15.8. The first-order valence-corrected chi connectivity index (χ1v) is 8.30. The van der Waals surface area contributed by atoms with E-state index in [2.05, 4.69) is 9.71 Å². The number of para-hydroxylation sites is 1. The molecule has 0 saturated carbocycles. The average molecular weight is 345 g/mol. The fraction of sp³-hybridized carbons (Fsp3) is 0.0667. The predicted molar refractivity (Wildman–Crippen MR) is 87.3 cm³/mol. The van der Waals surface area contributed by atoms with Crippen LogP contribution in [0.2, 0.25) is 0 Å². The summed E-state index contributed by atoms with van der Waals surface area (Å²) in [5, 5.41) is 11.8. The van der Waals surface area contributed by atoms with Gasteiger partial charge in [-0.1, -0.05) is 24.3 Å². The molecule has 1 aliphatic rings. The highest BCUT2D eigenvalue weighted by Crippen LogP contribution is 2.26.